The van der Waals surface area contributed by atoms with Gasteiger partial charge in [-0.25, -0.2) is 0 Å². The van der Waals surface area contributed by atoms with Gasteiger partial charge < -0.3 is 9.64 Å². The standard InChI is InChI=1S/C18H24N4O2/c1-13(2)16-10-17(21-20-16)18(23)22(12-15-7-5-9-24-15)11-14-6-3-4-8-19-14/h3-4,6,8,10,13,15H,5,7,9,11-12H2,1-2H3,(H,20,21)/t15-/m0/s1. The van der Waals surface area contributed by atoms with Gasteiger partial charge in [0.05, 0.1) is 18.3 Å². The van der Waals surface area contributed by atoms with Gasteiger partial charge in [0.1, 0.15) is 5.69 Å². The van der Waals surface area contributed by atoms with Gasteiger partial charge in [-0.05, 0) is 37.0 Å². The molecule has 1 aliphatic heterocycles. The number of carbonyl (C=O) groups is 1. The summed E-state index contributed by atoms with van der Waals surface area (Å²) in [4.78, 5) is 19.1. The lowest BCUT2D eigenvalue weighted by Crippen LogP contribution is -2.37. The highest BCUT2D eigenvalue weighted by atomic mass is 16.5. The Morgan fingerprint density at radius 1 is 1.46 bits per heavy atom. The van der Waals surface area contributed by atoms with E-state index in [9.17, 15) is 4.79 Å². The number of H-pyrrole nitrogens is 1. The molecule has 1 atom stereocenters. The molecule has 3 rings (SSSR count). The zero-order valence-electron chi connectivity index (χ0n) is 14.2. The molecule has 0 unspecified atom stereocenters. The smallest absolute Gasteiger partial charge is 0.274 e. The normalized spacial score (nSPS) is 17.4. The lowest BCUT2D eigenvalue weighted by atomic mass is 10.1. The third-order valence-electron chi connectivity index (χ3n) is 4.25. The van der Waals surface area contributed by atoms with Crippen LogP contribution in [0.25, 0.3) is 0 Å². The summed E-state index contributed by atoms with van der Waals surface area (Å²) in [6.07, 6.45) is 3.89. The summed E-state index contributed by atoms with van der Waals surface area (Å²) in [5, 5.41) is 7.15. The molecule has 6 heteroatoms. The number of hydrogen-bond donors (Lipinski definition) is 1. The molecule has 2 aromatic heterocycles. The maximum absolute atomic E-state index is 12.9. The molecule has 0 spiro atoms. The van der Waals surface area contributed by atoms with Gasteiger partial charge in [-0.1, -0.05) is 19.9 Å². The van der Waals surface area contributed by atoms with Crippen molar-refractivity contribution in [2.45, 2.75) is 45.3 Å². The molecule has 128 valence electrons. The molecule has 24 heavy (non-hydrogen) atoms. The quantitative estimate of drug-likeness (QED) is 0.885. The second kappa shape index (κ2) is 7.57. The van der Waals surface area contributed by atoms with Crippen LogP contribution < -0.4 is 0 Å². The monoisotopic (exact) mass is 328 g/mol. The summed E-state index contributed by atoms with van der Waals surface area (Å²) in [5.74, 6) is 0.223. The number of rotatable bonds is 6. The van der Waals surface area contributed by atoms with E-state index in [0.717, 1.165) is 30.8 Å². The van der Waals surface area contributed by atoms with Crippen molar-refractivity contribution >= 4 is 5.91 Å². The van der Waals surface area contributed by atoms with Crippen molar-refractivity contribution in [2.24, 2.45) is 0 Å². The van der Waals surface area contributed by atoms with Crippen molar-refractivity contribution in [3.05, 3.63) is 47.5 Å². The van der Waals surface area contributed by atoms with Gasteiger partial charge in [0, 0.05) is 25.0 Å². The number of hydrogen-bond acceptors (Lipinski definition) is 4. The first-order valence-electron chi connectivity index (χ1n) is 8.49. The molecule has 1 aliphatic rings. The van der Waals surface area contributed by atoms with Crippen LogP contribution in [0.1, 0.15) is 54.5 Å². The highest BCUT2D eigenvalue weighted by molar-refractivity contribution is 5.92. The molecule has 0 aromatic carbocycles. The molecule has 0 radical (unpaired) electrons. The number of pyridine rings is 1. The van der Waals surface area contributed by atoms with E-state index in [4.69, 9.17) is 4.74 Å². The maximum Gasteiger partial charge on any atom is 0.274 e. The summed E-state index contributed by atoms with van der Waals surface area (Å²) in [6, 6.07) is 7.58. The van der Waals surface area contributed by atoms with Crippen molar-refractivity contribution in [1.29, 1.82) is 0 Å². The van der Waals surface area contributed by atoms with Crippen molar-refractivity contribution in [3.63, 3.8) is 0 Å². The number of carbonyl (C=O) groups excluding carboxylic acids is 1. The van der Waals surface area contributed by atoms with Crippen LogP contribution in [0.15, 0.2) is 30.5 Å². The molecule has 0 aliphatic carbocycles. The molecule has 0 saturated carbocycles. The first-order valence-corrected chi connectivity index (χ1v) is 8.49. The number of amides is 1. The van der Waals surface area contributed by atoms with E-state index in [1.54, 1.807) is 11.1 Å². The van der Waals surface area contributed by atoms with Crippen molar-refractivity contribution in [1.82, 2.24) is 20.1 Å². The molecular formula is C18H24N4O2. The Kier molecular flexibility index (Phi) is 5.25. The van der Waals surface area contributed by atoms with Crippen LogP contribution in [0.4, 0.5) is 0 Å². The van der Waals surface area contributed by atoms with Gasteiger partial charge in [0.25, 0.3) is 5.91 Å². The van der Waals surface area contributed by atoms with E-state index >= 15 is 0 Å². The fourth-order valence-electron chi connectivity index (χ4n) is 2.84. The molecule has 2 aromatic rings. The highest BCUT2D eigenvalue weighted by Crippen LogP contribution is 2.18. The van der Waals surface area contributed by atoms with Gasteiger partial charge in [-0.15, -0.1) is 0 Å². The fourth-order valence-corrected chi connectivity index (χ4v) is 2.84. The first kappa shape index (κ1) is 16.6. The Morgan fingerprint density at radius 2 is 2.33 bits per heavy atom. The molecule has 6 nitrogen and oxygen atoms in total. The molecular weight excluding hydrogens is 304 g/mol. The van der Waals surface area contributed by atoms with Crippen LogP contribution in [0.2, 0.25) is 0 Å². The van der Waals surface area contributed by atoms with E-state index in [1.807, 2.05) is 24.3 Å². The number of nitrogens with one attached hydrogen (secondary N) is 1. The van der Waals surface area contributed by atoms with Crippen molar-refractivity contribution in [3.8, 4) is 0 Å². The third-order valence-corrected chi connectivity index (χ3v) is 4.25. The first-order chi connectivity index (χ1) is 11.6. The van der Waals surface area contributed by atoms with Crippen molar-refractivity contribution in [2.75, 3.05) is 13.2 Å². The summed E-state index contributed by atoms with van der Waals surface area (Å²) in [7, 11) is 0. The maximum atomic E-state index is 12.9. The topological polar surface area (TPSA) is 71.1 Å². The van der Waals surface area contributed by atoms with Gasteiger partial charge >= 0.3 is 0 Å². The van der Waals surface area contributed by atoms with Crippen molar-refractivity contribution < 1.29 is 9.53 Å². The number of aromatic nitrogens is 3. The third kappa shape index (κ3) is 4.00. The summed E-state index contributed by atoms with van der Waals surface area (Å²) < 4.78 is 5.71. The lowest BCUT2D eigenvalue weighted by molar-refractivity contribution is 0.0500. The Bertz CT molecular complexity index is 663. The van der Waals surface area contributed by atoms with Crippen LogP contribution in [-0.4, -0.2) is 45.2 Å². The van der Waals surface area contributed by atoms with Crippen LogP contribution >= 0.6 is 0 Å². The average Bonchev–Trinajstić information content (AvgIpc) is 3.26. The predicted octanol–water partition coefficient (Wildman–Crippen LogP) is 2.75. The van der Waals surface area contributed by atoms with Gasteiger partial charge in [-0.3, -0.25) is 14.9 Å². The van der Waals surface area contributed by atoms with E-state index in [2.05, 4.69) is 29.0 Å². The molecule has 1 saturated heterocycles. The van der Waals surface area contributed by atoms with Gasteiger partial charge in [-0.2, -0.15) is 5.10 Å². The number of ether oxygens (including phenoxy) is 1. The molecule has 3 heterocycles. The van der Waals surface area contributed by atoms with E-state index < -0.39 is 0 Å². The Labute approximate surface area is 142 Å². The summed E-state index contributed by atoms with van der Waals surface area (Å²) >= 11 is 0. The zero-order chi connectivity index (χ0) is 16.9. The fraction of sp³-hybridized carbons (Fsp3) is 0.500. The summed E-state index contributed by atoms with van der Waals surface area (Å²) in [6.45, 7) is 5.94. The highest BCUT2D eigenvalue weighted by Gasteiger charge is 2.25. The molecule has 1 N–H and O–H groups in total. The minimum Gasteiger partial charge on any atom is -0.376 e. The van der Waals surface area contributed by atoms with Crippen LogP contribution in [-0.2, 0) is 11.3 Å². The van der Waals surface area contributed by atoms with Gasteiger partial charge in [0.2, 0.25) is 0 Å². The Hall–Kier alpha value is -2.21. The minimum atomic E-state index is -0.0840. The van der Waals surface area contributed by atoms with Crippen LogP contribution in [0.3, 0.4) is 0 Å². The second-order valence-electron chi connectivity index (χ2n) is 6.51. The number of nitrogens with zero attached hydrogens (tertiary/aromatic N) is 3. The zero-order valence-corrected chi connectivity index (χ0v) is 14.2. The van der Waals surface area contributed by atoms with Crippen LogP contribution in [0, 0.1) is 0 Å². The molecule has 1 amide bonds. The Balaban J connectivity index is 1.77. The Morgan fingerprint density at radius 3 is 2.96 bits per heavy atom. The van der Waals surface area contributed by atoms with Crippen LogP contribution in [0.5, 0.6) is 0 Å². The molecule has 0 bridgehead atoms. The summed E-state index contributed by atoms with van der Waals surface area (Å²) in [5.41, 5.74) is 2.28. The average molecular weight is 328 g/mol. The molecule has 1 fully saturated rings. The predicted molar refractivity (Wildman–Crippen MR) is 90.6 cm³/mol. The SMILES string of the molecule is CC(C)c1cc(C(=O)N(Cc2ccccn2)C[C@@H]2CCCO2)n[nH]1. The van der Waals surface area contributed by atoms with Gasteiger partial charge in [0.15, 0.2) is 0 Å². The van der Waals surface area contributed by atoms with E-state index in [-0.39, 0.29) is 12.0 Å². The lowest BCUT2D eigenvalue weighted by Gasteiger charge is -2.24. The minimum absolute atomic E-state index is 0.0840. The largest absolute Gasteiger partial charge is 0.376 e. The van der Waals surface area contributed by atoms with E-state index in [1.165, 1.54) is 0 Å². The second-order valence-corrected chi connectivity index (χ2v) is 6.51. The number of aromatic amines is 1. The van der Waals surface area contributed by atoms with E-state index in [0.29, 0.717) is 24.7 Å².